The van der Waals surface area contributed by atoms with Gasteiger partial charge >= 0.3 is 0 Å². The summed E-state index contributed by atoms with van der Waals surface area (Å²) in [7, 11) is 0. The van der Waals surface area contributed by atoms with E-state index in [1.807, 2.05) is 0 Å². The highest BCUT2D eigenvalue weighted by Gasteiger charge is 2.19. The molecule has 0 saturated heterocycles. The standard InChI is InChI=1S/C13H18N2O3/c16-11-3-1-9(2-4-11)8-15-13(18)10-5-6-14-12(17)7-10/h5-7,9,11,16H,1-4,8H2,(H,14,17)(H,15,18). The van der Waals surface area contributed by atoms with Gasteiger partial charge in [-0.3, -0.25) is 9.59 Å². The SMILES string of the molecule is O=C(NCC1CCC(O)CC1)c1cc[nH]c(=O)c1. The summed E-state index contributed by atoms with van der Waals surface area (Å²) in [6, 6.07) is 2.88. The second-order valence-corrected chi connectivity index (χ2v) is 4.83. The molecule has 0 radical (unpaired) electrons. The summed E-state index contributed by atoms with van der Waals surface area (Å²) in [5.41, 5.74) is 0.109. The summed E-state index contributed by atoms with van der Waals surface area (Å²) >= 11 is 0. The van der Waals surface area contributed by atoms with Gasteiger partial charge in [-0.25, -0.2) is 0 Å². The Morgan fingerprint density at radius 1 is 1.39 bits per heavy atom. The highest BCUT2D eigenvalue weighted by Crippen LogP contribution is 2.23. The van der Waals surface area contributed by atoms with Crippen LogP contribution >= 0.6 is 0 Å². The molecule has 5 heteroatoms. The van der Waals surface area contributed by atoms with E-state index in [2.05, 4.69) is 10.3 Å². The van der Waals surface area contributed by atoms with Gasteiger partial charge in [0.1, 0.15) is 0 Å². The summed E-state index contributed by atoms with van der Waals surface area (Å²) in [6.07, 6.45) is 4.79. The van der Waals surface area contributed by atoms with Gasteiger partial charge in [0.05, 0.1) is 6.10 Å². The molecule has 0 unspecified atom stereocenters. The molecule has 1 aliphatic carbocycles. The molecule has 3 N–H and O–H groups in total. The predicted octanol–water partition coefficient (Wildman–Crippen LogP) is 0.656. The molecule has 1 aromatic heterocycles. The maximum Gasteiger partial charge on any atom is 0.251 e. The molecule has 0 spiro atoms. The van der Waals surface area contributed by atoms with Crippen molar-refractivity contribution in [1.29, 1.82) is 0 Å². The van der Waals surface area contributed by atoms with Gasteiger partial charge in [0.2, 0.25) is 5.56 Å². The highest BCUT2D eigenvalue weighted by atomic mass is 16.3. The Bertz CT molecular complexity index is 461. The van der Waals surface area contributed by atoms with E-state index >= 15 is 0 Å². The molecule has 1 heterocycles. The van der Waals surface area contributed by atoms with Crippen LogP contribution < -0.4 is 10.9 Å². The molecule has 1 amide bonds. The number of aromatic nitrogens is 1. The fraction of sp³-hybridized carbons (Fsp3) is 0.538. The summed E-state index contributed by atoms with van der Waals surface area (Å²) < 4.78 is 0. The molecule has 1 aromatic rings. The fourth-order valence-electron chi connectivity index (χ4n) is 2.27. The maximum atomic E-state index is 11.8. The van der Waals surface area contributed by atoms with Crippen molar-refractivity contribution < 1.29 is 9.90 Å². The molecule has 1 saturated carbocycles. The van der Waals surface area contributed by atoms with E-state index in [0.29, 0.717) is 18.0 Å². The minimum absolute atomic E-state index is 0.176. The van der Waals surface area contributed by atoms with E-state index in [9.17, 15) is 14.7 Å². The summed E-state index contributed by atoms with van der Waals surface area (Å²) in [5.74, 6) is 0.214. The Morgan fingerprint density at radius 2 is 2.11 bits per heavy atom. The van der Waals surface area contributed by atoms with Gasteiger partial charge in [-0.05, 0) is 37.7 Å². The molecule has 1 fully saturated rings. The molecular formula is C13H18N2O3. The summed E-state index contributed by atoms with van der Waals surface area (Å²) in [6.45, 7) is 0.609. The lowest BCUT2D eigenvalue weighted by Crippen LogP contribution is -2.32. The number of carbonyl (C=O) groups is 1. The number of nitrogens with one attached hydrogen (secondary N) is 2. The van der Waals surface area contributed by atoms with Crippen LogP contribution in [0.5, 0.6) is 0 Å². The zero-order valence-corrected chi connectivity index (χ0v) is 10.2. The lowest BCUT2D eigenvalue weighted by Gasteiger charge is -2.25. The zero-order chi connectivity index (χ0) is 13.0. The van der Waals surface area contributed by atoms with E-state index < -0.39 is 0 Å². The number of H-pyrrole nitrogens is 1. The van der Waals surface area contributed by atoms with Crippen LogP contribution in [0, 0.1) is 5.92 Å². The van der Waals surface area contributed by atoms with Crippen molar-refractivity contribution >= 4 is 5.91 Å². The Balaban J connectivity index is 1.83. The van der Waals surface area contributed by atoms with Crippen LogP contribution in [0.15, 0.2) is 23.1 Å². The van der Waals surface area contributed by atoms with Crippen molar-refractivity contribution in [3.63, 3.8) is 0 Å². The van der Waals surface area contributed by atoms with Gasteiger partial charge in [0, 0.05) is 24.4 Å². The molecule has 98 valence electrons. The Hall–Kier alpha value is -1.62. The van der Waals surface area contributed by atoms with E-state index in [1.165, 1.54) is 12.3 Å². The molecule has 1 aliphatic rings. The third-order valence-electron chi connectivity index (χ3n) is 3.40. The quantitative estimate of drug-likeness (QED) is 0.737. The van der Waals surface area contributed by atoms with Gasteiger partial charge in [0.15, 0.2) is 0 Å². The average molecular weight is 250 g/mol. The second-order valence-electron chi connectivity index (χ2n) is 4.83. The average Bonchev–Trinajstić information content (AvgIpc) is 2.38. The number of amides is 1. The molecule has 0 aromatic carbocycles. The topological polar surface area (TPSA) is 82.2 Å². The number of aliphatic hydroxyl groups is 1. The fourth-order valence-corrected chi connectivity index (χ4v) is 2.27. The third kappa shape index (κ3) is 3.43. The zero-order valence-electron chi connectivity index (χ0n) is 10.2. The summed E-state index contributed by atoms with van der Waals surface area (Å²) in [5, 5.41) is 12.2. The van der Waals surface area contributed by atoms with Crippen molar-refractivity contribution in [3.05, 3.63) is 34.2 Å². The number of hydrogen-bond donors (Lipinski definition) is 3. The molecule has 18 heavy (non-hydrogen) atoms. The van der Waals surface area contributed by atoms with Crippen molar-refractivity contribution in [2.45, 2.75) is 31.8 Å². The van der Waals surface area contributed by atoms with E-state index in [-0.39, 0.29) is 17.6 Å². The van der Waals surface area contributed by atoms with Gasteiger partial charge in [-0.1, -0.05) is 0 Å². The van der Waals surface area contributed by atoms with E-state index in [0.717, 1.165) is 25.7 Å². The molecular weight excluding hydrogens is 232 g/mol. The predicted molar refractivity (Wildman–Crippen MR) is 67.4 cm³/mol. The molecule has 0 aliphatic heterocycles. The first-order chi connectivity index (χ1) is 8.65. The smallest absolute Gasteiger partial charge is 0.251 e. The molecule has 2 rings (SSSR count). The number of aliphatic hydroxyl groups excluding tert-OH is 1. The van der Waals surface area contributed by atoms with Crippen LogP contribution in [0.4, 0.5) is 0 Å². The lowest BCUT2D eigenvalue weighted by molar-refractivity contribution is 0.0910. The molecule has 5 nitrogen and oxygen atoms in total. The minimum Gasteiger partial charge on any atom is -0.393 e. The van der Waals surface area contributed by atoms with Crippen molar-refractivity contribution in [3.8, 4) is 0 Å². The van der Waals surface area contributed by atoms with Gasteiger partial charge in [-0.15, -0.1) is 0 Å². The Labute approximate surface area is 105 Å². The van der Waals surface area contributed by atoms with Crippen LogP contribution in [0.2, 0.25) is 0 Å². The first kappa shape index (κ1) is 12.8. The number of rotatable bonds is 3. The van der Waals surface area contributed by atoms with Gasteiger partial charge in [0.25, 0.3) is 5.91 Å². The van der Waals surface area contributed by atoms with Crippen LogP contribution in [-0.4, -0.2) is 28.6 Å². The van der Waals surface area contributed by atoms with Crippen LogP contribution in [-0.2, 0) is 0 Å². The van der Waals surface area contributed by atoms with Crippen LogP contribution in [0.1, 0.15) is 36.0 Å². The number of pyridine rings is 1. The normalized spacial score (nSPS) is 23.6. The van der Waals surface area contributed by atoms with E-state index in [4.69, 9.17) is 0 Å². The number of hydrogen-bond acceptors (Lipinski definition) is 3. The summed E-state index contributed by atoms with van der Waals surface area (Å²) in [4.78, 5) is 25.3. The van der Waals surface area contributed by atoms with Crippen LogP contribution in [0.25, 0.3) is 0 Å². The largest absolute Gasteiger partial charge is 0.393 e. The molecule has 0 atom stereocenters. The monoisotopic (exact) mass is 250 g/mol. The maximum absolute atomic E-state index is 11.8. The molecule has 0 bridgehead atoms. The second kappa shape index (κ2) is 5.82. The Morgan fingerprint density at radius 3 is 2.78 bits per heavy atom. The minimum atomic E-state index is -0.275. The first-order valence-electron chi connectivity index (χ1n) is 6.30. The highest BCUT2D eigenvalue weighted by molar-refractivity contribution is 5.93. The lowest BCUT2D eigenvalue weighted by atomic mass is 9.87. The first-order valence-corrected chi connectivity index (χ1v) is 6.30. The number of aromatic amines is 1. The van der Waals surface area contributed by atoms with Crippen molar-refractivity contribution in [1.82, 2.24) is 10.3 Å². The van der Waals surface area contributed by atoms with Crippen LogP contribution in [0.3, 0.4) is 0 Å². The third-order valence-corrected chi connectivity index (χ3v) is 3.40. The van der Waals surface area contributed by atoms with E-state index in [1.54, 1.807) is 6.07 Å². The van der Waals surface area contributed by atoms with Crippen molar-refractivity contribution in [2.75, 3.05) is 6.54 Å². The Kier molecular flexibility index (Phi) is 4.15. The van der Waals surface area contributed by atoms with Crippen molar-refractivity contribution in [2.24, 2.45) is 5.92 Å². The van der Waals surface area contributed by atoms with Gasteiger partial charge in [-0.2, -0.15) is 0 Å². The van der Waals surface area contributed by atoms with Gasteiger partial charge < -0.3 is 15.4 Å². The number of carbonyl (C=O) groups excluding carboxylic acids is 1.